The van der Waals surface area contributed by atoms with Crippen LogP contribution in [0.3, 0.4) is 0 Å². The zero-order valence-corrected chi connectivity index (χ0v) is 10.1. The second-order valence-corrected chi connectivity index (χ2v) is 3.37. The Hall–Kier alpha value is -2.44. The van der Waals surface area contributed by atoms with Gasteiger partial charge < -0.3 is 9.47 Å². The number of esters is 2. The Morgan fingerprint density at radius 2 is 1.72 bits per heavy atom. The third-order valence-corrected chi connectivity index (χ3v) is 2.43. The zero-order valence-electron chi connectivity index (χ0n) is 10.1. The van der Waals surface area contributed by atoms with E-state index in [1.54, 1.807) is 0 Å². The van der Waals surface area contributed by atoms with Crippen molar-refractivity contribution in [3.05, 3.63) is 38.9 Å². The molecule has 0 spiro atoms. The molecule has 0 aliphatic rings. The van der Waals surface area contributed by atoms with E-state index in [9.17, 15) is 19.7 Å². The van der Waals surface area contributed by atoms with Crippen LogP contribution in [0.25, 0.3) is 0 Å². The molecule has 96 valence electrons. The van der Waals surface area contributed by atoms with Crippen LogP contribution >= 0.6 is 0 Å². The fraction of sp³-hybridized carbons (Fsp3) is 0.273. The number of hydrogen-bond acceptors (Lipinski definition) is 6. The first-order chi connectivity index (χ1) is 8.43. The van der Waals surface area contributed by atoms with E-state index in [1.807, 2.05) is 0 Å². The third-order valence-electron chi connectivity index (χ3n) is 2.43. The number of benzene rings is 1. The average molecular weight is 253 g/mol. The van der Waals surface area contributed by atoms with Gasteiger partial charge in [0.1, 0.15) is 0 Å². The van der Waals surface area contributed by atoms with Gasteiger partial charge in [-0.3, -0.25) is 10.1 Å². The van der Waals surface area contributed by atoms with Gasteiger partial charge in [0.15, 0.2) is 0 Å². The molecule has 0 N–H and O–H groups in total. The molecule has 0 saturated heterocycles. The number of ether oxygens (including phenoxy) is 2. The molecule has 0 radical (unpaired) electrons. The maximum Gasteiger partial charge on any atom is 0.339 e. The third kappa shape index (κ3) is 2.29. The number of hydrogen-bond donors (Lipinski definition) is 0. The largest absolute Gasteiger partial charge is 0.465 e. The van der Waals surface area contributed by atoms with Crippen molar-refractivity contribution in [2.75, 3.05) is 14.2 Å². The van der Waals surface area contributed by atoms with Crippen molar-refractivity contribution in [3.63, 3.8) is 0 Å². The summed E-state index contributed by atoms with van der Waals surface area (Å²) in [6.07, 6.45) is 0. The highest BCUT2D eigenvalue weighted by Gasteiger charge is 2.26. The van der Waals surface area contributed by atoms with Crippen molar-refractivity contribution < 1.29 is 24.0 Å². The Kier molecular flexibility index (Phi) is 3.98. The standard InChI is InChI=1S/C11H11NO6/c1-6-8(12(15)16)5-4-7(10(13)17-2)9(6)11(14)18-3/h4-5H,1-3H3. The molecular weight excluding hydrogens is 242 g/mol. The quantitative estimate of drug-likeness (QED) is 0.460. The Labute approximate surface area is 102 Å². The van der Waals surface area contributed by atoms with Gasteiger partial charge in [-0.2, -0.15) is 0 Å². The topological polar surface area (TPSA) is 95.7 Å². The molecule has 0 atom stereocenters. The highest BCUT2D eigenvalue weighted by atomic mass is 16.6. The van der Waals surface area contributed by atoms with Gasteiger partial charge in [-0.05, 0) is 13.0 Å². The van der Waals surface area contributed by atoms with E-state index in [-0.39, 0.29) is 22.4 Å². The molecule has 0 fully saturated rings. The molecule has 7 heteroatoms. The van der Waals surface area contributed by atoms with Crippen LogP contribution in [0.5, 0.6) is 0 Å². The first kappa shape index (κ1) is 13.6. The summed E-state index contributed by atoms with van der Waals surface area (Å²) in [6, 6.07) is 2.32. The number of rotatable bonds is 3. The second kappa shape index (κ2) is 5.26. The minimum absolute atomic E-state index is 0.0625. The number of methoxy groups -OCH3 is 2. The Bertz CT molecular complexity index is 523. The summed E-state index contributed by atoms with van der Waals surface area (Å²) in [5.41, 5.74) is -0.413. The SMILES string of the molecule is COC(=O)c1ccc([N+](=O)[O-])c(C)c1C(=O)OC. The lowest BCUT2D eigenvalue weighted by atomic mass is 10.00. The summed E-state index contributed by atoms with van der Waals surface area (Å²) < 4.78 is 9.03. The minimum Gasteiger partial charge on any atom is -0.465 e. The highest BCUT2D eigenvalue weighted by Crippen LogP contribution is 2.25. The van der Waals surface area contributed by atoms with E-state index in [2.05, 4.69) is 9.47 Å². The van der Waals surface area contributed by atoms with Crippen molar-refractivity contribution in [3.8, 4) is 0 Å². The summed E-state index contributed by atoms with van der Waals surface area (Å²) in [5, 5.41) is 10.8. The maximum atomic E-state index is 11.6. The summed E-state index contributed by atoms with van der Waals surface area (Å²) >= 11 is 0. The molecule has 0 aliphatic carbocycles. The van der Waals surface area contributed by atoms with Crippen LogP contribution < -0.4 is 0 Å². The second-order valence-electron chi connectivity index (χ2n) is 3.37. The average Bonchev–Trinajstić information content (AvgIpc) is 2.35. The van der Waals surface area contributed by atoms with Crippen LogP contribution in [0.15, 0.2) is 12.1 Å². The van der Waals surface area contributed by atoms with Gasteiger partial charge in [-0.15, -0.1) is 0 Å². The molecule has 0 bridgehead atoms. The Morgan fingerprint density at radius 1 is 1.17 bits per heavy atom. The predicted octanol–water partition coefficient (Wildman–Crippen LogP) is 1.48. The van der Waals surface area contributed by atoms with Crippen molar-refractivity contribution in [2.24, 2.45) is 0 Å². The van der Waals surface area contributed by atoms with Crippen molar-refractivity contribution in [1.82, 2.24) is 0 Å². The van der Waals surface area contributed by atoms with Crippen molar-refractivity contribution >= 4 is 17.6 Å². The van der Waals surface area contributed by atoms with Gasteiger partial charge in [0.05, 0.1) is 30.3 Å². The molecular formula is C11H11NO6. The van der Waals surface area contributed by atoms with Gasteiger partial charge in [0.25, 0.3) is 5.69 Å². The molecule has 0 aromatic heterocycles. The fourth-order valence-electron chi connectivity index (χ4n) is 1.54. The molecule has 1 aromatic carbocycles. The lowest BCUT2D eigenvalue weighted by Gasteiger charge is -2.09. The smallest absolute Gasteiger partial charge is 0.339 e. The van der Waals surface area contributed by atoms with E-state index in [0.717, 1.165) is 20.3 Å². The molecule has 0 saturated carbocycles. The van der Waals surface area contributed by atoms with Crippen LogP contribution in [-0.4, -0.2) is 31.1 Å². The fourth-order valence-corrected chi connectivity index (χ4v) is 1.54. The van der Waals surface area contributed by atoms with Gasteiger partial charge in [-0.25, -0.2) is 9.59 Å². The molecule has 1 aromatic rings. The monoisotopic (exact) mass is 253 g/mol. The first-order valence-electron chi connectivity index (χ1n) is 4.88. The van der Waals surface area contributed by atoms with E-state index < -0.39 is 16.9 Å². The molecule has 18 heavy (non-hydrogen) atoms. The number of nitro benzene ring substituents is 1. The van der Waals surface area contributed by atoms with E-state index in [0.29, 0.717) is 0 Å². The molecule has 0 heterocycles. The molecule has 0 amide bonds. The van der Waals surface area contributed by atoms with Crippen LogP contribution in [0.4, 0.5) is 5.69 Å². The van der Waals surface area contributed by atoms with E-state index in [1.165, 1.54) is 13.0 Å². The Morgan fingerprint density at radius 3 is 2.17 bits per heavy atom. The summed E-state index contributed by atoms with van der Waals surface area (Å²) in [5.74, 6) is -1.58. The molecule has 7 nitrogen and oxygen atoms in total. The summed E-state index contributed by atoms with van der Waals surface area (Å²) in [4.78, 5) is 33.2. The van der Waals surface area contributed by atoms with E-state index in [4.69, 9.17) is 0 Å². The van der Waals surface area contributed by atoms with Crippen molar-refractivity contribution in [2.45, 2.75) is 6.92 Å². The summed E-state index contributed by atoms with van der Waals surface area (Å²) in [6.45, 7) is 1.37. The highest BCUT2D eigenvalue weighted by molar-refractivity contribution is 6.04. The zero-order chi connectivity index (χ0) is 13.9. The molecule has 0 unspecified atom stereocenters. The predicted molar refractivity (Wildman–Crippen MR) is 60.5 cm³/mol. The number of carbonyl (C=O) groups is 2. The van der Waals surface area contributed by atoms with Gasteiger partial charge >= 0.3 is 11.9 Å². The summed E-state index contributed by atoms with van der Waals surface area (Å²) in [7, 11) is 2.28. The van der Waals surface area contributed by atoms with Gasteiger partial charge in [-0.1, -0.05) is 0 Å². The number of nitro groups is 1. The van der Waals surface area contributed by atoms with Crippen LogP contribution in [0, 0.1) is 17.0 Å². The van der Waals surface area contributed by atoms with Crippen LogP contribution in [0.2, 0.25) is 0 Å². The number of carbonyl (C=O) groups excluding carboxylic acids is 2. The van der Waals surface area contributed by atoms with Gasteiger partial charge in [0.2, 0.25) is 0 Å². The van der Waals surface area contributed by atoms with Crippen LogP contribution in [-0.2, 0) is 9.47 Å². The number of nitrogens with zero attached hydrogens (tertiary/aromatic N) is 1. The minimum atomic E-state index is -0.823. The normalized spacial score (nSPS) is 9.72. The van der Waals surface area contributed by atoms with Crippen molar-refractivity contribution in [1.29, 1.82) is 0 Å². The first-order valence-corrected chi connectivity index (χ1v) is 4.88. The molecule has 0 aliphatic heterocycles. The molecule has 1 rings (SSSR count). The lowest BCUT2D eigenvalue weighted by Crippen LogP contribution is -2.14. The Balaban J connectivity index is 3.56. The van der Waals surface area contributed by atoms with E-state index >= 15 is 0 Å². The lowest BCUT2D eigenvalue weighted by molar-refractivity contribution is -0.385. The maximum absolute atomic E-state index is 11.6. The van der Waals surface area contributed by atoms with Gasteiger partial charge in [0, 0.05) is 11.6 Å². The van der Waals surface area contributed by atoms with Crippen LogP contribution in [0.1, 0.15) is 26.3 Å².